The highest BCUT2D eigenvalue weighted by molar-refractivity contribution is 6.04. The number of fused-ring (bicyclic) bond motifs is 1. The summed E-state index contributed by atoms with van der Waals surface area (Å²) < 4.78 is 21.4. The standard InChI is InChI=1S/C29H32N2O6/c1-34-23-11-9-19(17-25(23)36-3)13-15-30-28(32)27-21-7-5-6-8-22(21)29(33)31(27)16-14-20-10-12-24(35-2)26(18-20)37-4/h5-12,17-18,27H,13-16H2,1-4H3,(H,30,32)/t27-/m1/s1. The number of carbonyl (C=O) groups is 2. The molecule has 1 aliphatic heterocycles. The second-order valence-electron chi connectivity index (χ2n) is 8.66. The third-order valence-corrected chi connectivity index (χ3v) is 6.56. The van der Waals surface area contributed by atoms with Gasteiger partial charge in [-0.25, -0.2) is 0 Å². The first kappa shape index (κ1) is 25.9. The predicted octanol–water partition coefficient (Wildman–Crippen LogP) is 3.82. The summed E-state index contributed by atoms with van der Waals surface area (Å²) in [5, 5.41) is 3.02. The highest BCUT2D eigenvalue weighted by atomic mass is 16.5. The Bertz CT molecular complexity index is 1280. The fourth-order valence-corrected chi connectivity index (χ4v) is 4.63. The summed E-state index contributed by atoms with van der Waals surface area (Å²) in [5.74, 6) is 2.22. The first-order valence-electron chi connectivity index (χ1n) is 12.1. The van der Waals surface area contributed by atoms with Gasteiger partial charge in [-0.3, -0.25) is 9.59 Å². The lowest BCUT2D eigenvalue weighted by Crippen LogP contribution is -2.40. The van der Waals surface area contributed by atoms with E-state index >= 15 is 0 Å². The summed E-state index contributed by atoms with van der Waals surface area (Å²) in [7, 11) is 6.36. The molecule has 0 saturated heterocycles. The second-order valence-corrected chi connectivity index (χ2v) is 8.66. The van der Waals surface area contributed by atoms with E-state index in [-0.39, 0.29) is 11.8 Å². The lowest BCUT2D eigenvalue weighted by atomic mass is 10.0. The Labute approximate surface area is 217 Å². The van der Waals surface area contributed by atoms with E-state index in [1.807, 2.05) is 54.6 Å². The van der Waals surface area contributed by atoms with Gasteiger partial charge in [-0.05, 0) is 59.9 Å². The zero-order valence-corrected chi connectivity index (χ0v) is 21.6. The Morgan fingerprint density at radius 2 is 1.35 bits per heavy atom. The van der Waals surface area contributed by atoms with Crippen LogP contribution in [0.1, 0.15) is 33.1 Å². The molecule has 0 unspecified atom stereocenters. The van der Waals surface area contributed by atoms with Gasteiger partial charge in [0, 0.05) is 18.7 Å². The van der Waals surface area contributed by atoms with Crippen molar-refractivity contribution in [1.82, 2.24) is 10.2 Å². The number of carbonyl (C=O) groups excluding carboxylic acids is 2. The normalized spacial score (nSPS) is 14.2. The number of amides is 2. The van der Waals surface area contributed by atoms with Crippen molar-refractivity contribution in [3.63, 3.8) is 0 Å². The van der Waals surface area contributed by atoms with E-state index in [9.17, 15) is 9.59 Å². The highest BCUT2D eigenvalue weighted by Gasteiger charge is 2.40. The number of nitrogens with one attached hydrogen (secondary N) is 1. The maximum Gasteiger partial charge on any atom is 0.255 e. The van der Waals surface area contributed by atoms with Gasteiger partial charge in [0.15, 0.2) is 23.0 Å². The van der Waals surface area contributed by atoms with Crippen molar-refractivity contribution >= 4 is 11.8 Å². The number of benzene rings is 3. The third kappa shape index (κ3) is 5.48. The van der Waals surface area contributed by atoms with Crippen LogP contribution in [0.3, 0.4) is 0 Å². The van der Waals surface area contributed by atoms with Crippen LogP contribution in [0.5, 0.6) is 23.0 Å². The molecular weight excluding hydrogens is 472 g/mol. The van der Waals surface area contributed by atoms with Crippen LogP contribution in [-0.2, 0) is 17.6 Å². The third-order valence-electron chi connectivity index (χ3n) is 6.56. The fraction of sp³-hybridized carbons (Fsp3) is 0.310. The van der Waals surface area contributed by atoms with Crippen LogP contribution in [0.4, 0.5) is 0 Å². The molecule has 8 nitrogen and oxygen atoms in total. The van der Waals surface area contributed by atoms with Gasteiger partial charge in [-0.1, -0.05) is 30.3 Å². The molecule has 2 amide bonds. The number of rotatable bonds is 11. The van der Waals surface area contributed by atoms with Gasteiger partial charge in [0.25, 0.3) is 5.91 Å². The van der Waals surface area contributed by atoms with E-state index in [0.717, 1.165) is 16.7 Å². The van der Waals surface area contributed by atoms with Crippen LogP contribution in [0.25, 0.3) is 0 Å². The van der Waals surface area contributed by atoms with Crippen molar-refractivity contribution in [3.05, 3.63) is 82.9 Å². The Kier molecular flexibility index (Phi) is 8.18. The maximum atomic E-state index is 13.4. The van der Waals surface area contributed by atoms with E-state index < -0.39 is 6.04 Å². The lowest BCUT2D eigenvalue weighted by Gasteiger charge is -2.25. The molecule has 37 heavy (non-hydrogen) atoms. The molecule has 8 heteroatoms. The number of ether oxygens (including phenoxy) is 4. The van der Waals surface area contributed by atoms with Crippen LogP contribution in [0.15, 0.2) is 60.7 Å². The molecular formula is C29H32N2O6. The molecule has 1 aliphatic rings. The molecule has 0 aromatic heterocycles. The van der Waals surface area contributed by atoms with Crippen LogP contribution in [0.2, 0.25) is 0 Å². The molecule has 1 heterocycles. The van der Waals surface area contributed by atoms with Gasteiger partial charge in [0.1, 0.15) is 6.04 Å². The Morgan fingerprint density at radius 1 is 0.784 bits per heavy atom. The number of nitrogens with zero attached hydrogens (tertiary/aromatic N) is 1. The van der Waals surface area contributed by atoms with Gasteiger partial charge in [-0.2, -0.15) is 0 Å². The Hall–Kier alpha value is -4.20. The minimum absolute atomic E-state index is 0.142. The minimum atomic E-state index is -0.686. The molecule has 0 aliphatic carbocycles. The smallest absolute Gasteiger partial charge is 0.255 e. The molecule has 0 bridgehead atoms. The molecule has 3 aromatic carbocycles. The lowest BCUT2D eigenvalue weighted by molar-refractivity contribution is -0.125. The molecule has 0 fully saturated rings. The molecule has 3 aromatic rings. The number of hydrogen-bond donors (Lipinski definition) is 1. The molecule has 0 radical (unpaired) electrons. The molecule has 4 rings (SSSR count). The zero-order valence-electron chi connectivity index (χ0n) is 21.6. The largest absolute Gasteiger partial charge is 0.493 e. The van der Waals surface area contributed by atoms with Crippen molar-refractivity contribution in [2.75, 3.05) is 41.5 Å². The van der Waals surface area contributed by atoms with Crippen LogP contribution in [0, 0.1) is 0 Å². The molecule has 194 valence electrons. The Balaban J connectivity index is 1.46. The first-order valence-corrected chi connectivity index (χ1v) is 12.1. The first-order chi connectivity index (χ1) is 18.0. The summed E-state index contributed by atoms with van der Waals surface area (Å²) in [6, 6.07) is 18.0. The number of hydrogen-bond acceptors (Lipinski definition) is 6. The van der Waals surface area contributed by atoms with Gasteiger partial charge in [0.2, 0.25) is 5.91 Å². The summed E-state index contributed by atoms with van der Waals surface area (Å²) in [5.41, 5.74) is 3.28. The number of methoxy groups -OCH3 is 4. The quantitative estimate of drug-likeness (QED) is 0.427. The maximum absolute atomic E-state index is 13.4. The summed E-state index contributed by atoms with van der Waals surface area (Å²) >= 11 is 0. The molecule has 0 saturated carbocycles. The monoisotopic (exact) mass is 504 g/mol. The van der Waals surface area contributed by atoms with E-state index in [4.69, 9.17) is 18.9 Å². The molecule has 1 atom stereocenters. The van der Waals surface area contributed by atoms with Gasteiger partial charge >= 0.3 is 0 Å². The molecule has 1 N–H and O–H groups in total. The van der Waals surface area contributed by atoms with Crippen molar-refractivity contribution in [3.8, 4) is 23.0 Å². The van der Waals surface area contributed by atoms with Crippen LogP contribution in [-0.4, -0.2) is 58.2 Å². The van der Waals surface area contributed by atoms with Crippen molar-refractivity contribution in [1.29, 1.82) is 0 Å². The van der Waals surface area contributed by atoms with Gasteiger partial charge in [0.05, 0.1) is 28.4 Å². The van der Waals surface area contributed by atoms with Gasteiger partial charge < -0.3 is 29.2 Å². The predicted molar refractivity (Wildman–Crippen MR) is 140 cm³/mol. The van der Waals surface area contributed by atoms with Crippen molar-refractivity contribution < 1.29 is 28.5 Å². The van der Waals surface area contributed by atoms with E-state index in [0.29, 0.717) is 54.5 Å². The Morgan fingerprint density at radius 3 is 1.95 bits per heavy atom. The topological polar surface area (TPSA) is 86.3 Å². The SMILES string of the molecule is COc1ccc(CCNC(=O)[C@H]2c3ccccc3C(=O)N2CCc2ccc(OC)c(OC)c2)cc1OC. The second kappa shape index (κ2) is 11.7. The average molecular weight is 505 g/mol. The van der Waals surface area contributed by atoms with Crippen molar-refractivity contribution in [2.24, 2.45) is 0 Å². The fourth-order valence-electron chi connectivity index (χ4n) is 4.63. The zero-order chi connectivity index (χ0) is 26.4. The van der Waals surface area contributed by atoms with Crippen molar-refractivity contribution in [2.45, 2.75) is 18.9 Å². The summed E-state index contributed by atoms with van der Waals surface area (Å²) in [4.78, 5) is 28.3. The van der Waals surface area contributed by atoms with E-state index in [1.165, 1.54) is 0 Å². The highest BCUT2D eigenvalue weighted by Crippen LogP contribution is 2.34. The van der Waals surface area contributed by atoms with Crippen LogP contribution >= 0.6 is 0 Å². The van der Waals surface area contributed by atoms with E-state index in [2.05, 4.69) is 5.32 Å². The molecule has 0 spiro atoms. The summed E-state index contributed by atoms with van der Waals surface area (Å²) in [6.07, 6.45) is 1.18. The van der Waals surface area contributed by atoms with E-state index in [1.54, 1.807) is 39.4 Å². The minimum Gasteiger partial charge on any atom is -0.493 e. The summed E-state index contributed by atoms with van der Waals surface area (Å²) in [6.45, 7) is 0.807. The average Bonchev–Trinajstić information content (AvgIpc) is 3.22. The van der Waals surface area contributed by atoms with Gasteiger partial charge in [-0.15, -0.1) is 0 Å². The van der Waals surface area contributed by atoms with Crippen LogP contribution < -0.4 is 24.3 Å².